The molecular formula is C7H9F2N3O2. The number of halogens is 2. The van der Waals surface area contributed by atoms with Crippen LogP contribution in [0.15, 0.2) is 18.7 Å². The van der Waals surface area contributed by atoms with Crippen molar-refractivity contribution < 1.29 is 18.7 Å². The second-order valence-electron chi connectivity index (χ2n) is 2.56. The second-order valence-corrected chi connectivity index (χ2v) is 2.56. The van der Waals surface area contributed by atoms with Gasteiger partial charge in [-0.2, -0.15) is 0 Å². The fourth-order valence-corrected chi connectivity index (χ4v) is 0.752. The minimum atomic E-state index is -2.86. The van der Waals surface area contributed by atoms with Crippen LogP contribution in [0.1, 0.15) is 0 Å². The second kappa shape index (κ2) is 4.66. The van der Waals surface area contributed by atoms with Gasteiger partial charge in [0.15, 0.2) is 0 Å². The standard InChI is InChI=1S/C7H9F2N3O2/c8-6(9)5(13)3-11-7(14)12-2-1-10-4-12/h1-2,4-6,13H,3H2,(H,11,14). The van der Waals surface area contributed by atoms with E-state index in [0.717, 1.165) is 4.57 Å². The number of nitrogens with one attached hydrogen (secondary N) is 1. The van der Waals surface area contributed by atoms with Crippen LogP contribution >= 0.6 is 0 Å². The summed E-state index contributed by atoms with van der Waals surface area (Å²) >= 11 is 0. The Balaban J connectivity index is 2.36. The minimum Gasteiger partial charge on any atom is -0.385 e. The van der Waals surface area contributed by atoms with Crippen molar-refractivity contribution in [1.82, 2.24) is 14.9 Å². The highest BCUT2D eigenvalue weighted by atomic mass is 19.3. The number of aliphatic hydroxyl groups excluding tert-OH is 1. The van der Waals surface area contributed by atoms with E-state index in [1.54, 1.807) is 0 Å². The summed E-state index contributed by atoms with van der Waals surface area (Å²) in [6.45, 7) is -0.491. The Morgan fingerprint density at radius 3 is 2.86 bits per heavy atom. The Kier molecular flexibility index (Phi) is 3.52. The highest BCUT2D eigenvalue weighted by Gasteiger charge is 2.17. The molecule has 1 aromatic heterocycles. The van der Waals surface area contributed by atoms with E-state index in [0.29, 0.717) is 0 Å². The van der Waals surface area contributed by atoms with Gasteiger partial charge in [-0.3, -0.25) is 4.57 Å². The van der Waals surface area contributed by atoms with Gasteiger partial charge in [0.05, 0.1) is 6.54 Å². The summed E-state index contributed by atoms with van der Waals surface area (Å²) in [7, 11) is 0. The molecule has 0 aromatic carbocycles. The van der Waals surface area contributed by atoms with Gasteiger partial charge in [-0.15, -0.1) is 0 Å². The van der Waals surface area contributed by atoms with Crippen LogP contribution in [0.4, 0.5) is 13.6 Å². The van der Waals surface area contributed by atoms with E-state index in [1.807, 2.05) is 0 Å². The van der Waals surface area contributed by atoms with Gasteiger partial charge in [-0.05, 0) is 0 Å². The number of carbonyl (C=O) groups excluding carboxylic acids is 1. The zero-order valence-electron chi connectivity index (χ0n) is 7.10. The molecule has 0 spiro atoms. The van der Waals surface area contributed by atoms with Crippen molar-refractivity contribution in [3.8, 4) is 0 Å². The number of aromatic nitrogens is 2. The van der Waals surface area contributed by atoms with Crippen LogP contribution in [0, 0.1) is 0 Å². The van der Waals surface area contributed by atoms with Crippen LogP contribution in [0.5, 0.6) is 0 Å². The predicted octanol–water partition coefficient (Wildman–Crippen LogP) is 0.0668. The summed E-state index contributed by atoms with van der Waals surface area (Å²) in [5, 5.41) is 10.8. The molecule has 0 saturated heterocycles. The maximum Gasteiger partial charge on any atom is 0.326 e. The van der Waals surface area contributed by atoms with Gasteiger partial charge in [0.25, 0.3) is 6.43 Å². The lowest BCUT2D eigenvalue weighted by molar-refractivity contribution is -0.00173. The lowest BCUT2D eigenvalue weighted by atomic mass is 10.4. The third-order valence-corrected chi connectivity index (χ3v) is 1.49. The molecule has 0 fully saturated rings. The number of rotatable bonds is 3. The Hall–Kier alpha value is -1.50. The normalized spacial score (nSPS) is 12.9. The van der Waals surface area contributed by atoms with Crippen molar-refractivity contribution in [2.45, 2.75) is 12.5 Å². The van der Waals surface area contributed by atoms with E-state index in [2.05, 4.69) is 10.3 Å². The molecule has 5 nitrogen and oxygen atoms in total. The lowest BCUT2D eigenvalue weighted by Gasteiger charge is -2.10. The average molecular weight is 205 g/mol. The quantitative estimate of drug-likeness (QED) is 0.733. The molecule has 0 aliphatic rings. The first-order valence-electron chi connectivity index (χ1n) is 3.83. The number of alkyl halides is 2. The Labute approximate surface area is 78.4 Å². The van der Waals surface area contributed by atoms with Gasteiger partial charge in [-0.1, -0.05) is 0 Å². The predicted molar refractivity (Wildman–Crippen MR) is 43.0 cm³/mol. The van der Waals surface area contributed by atoms with Gasteiger partial charge in [0.2, 0.25) is 0 Å². The van der Waals surface area contributed by atoms with E-state index in [1.165, 1.54) is 18.7 Å². The summed E-state index contributed by atoms with van der Waals surface area (Å²) in [6.07, 6.45) is -0.738. The summed E-state index contributed by atoms with van der Waals surface area (Å²) in [6, 6.07) is -0.609. The number of aliphatic hydroxyl groups is 1. The molecular weight excluding hydrogens is 196 g/mol. The van der Waals surface area contributed by atoms with E-state index >= 15 is 0 Å². The summed E-state index contributed by atoms with van der Waals surface area (Å²) in [5.41, 5.74) is 0. The molecule has 1 rings (SSSR count). The SMILES string of the molecule is O=C(NCC(O)C(F)F)n1ccnc1. The molecule has 14 heavy (non-hydrogen) atoms. The molecule has 1 amide bonds. The highest BCUT2D eigenvalue weighted by Crippen LogP contribution is 1.98. The number of hydrogen-bond donors (Lipinski definition) is 2. The topological polar surface area (TPSA) is 67.2 Å². The van der Waals surface area contributed by atoms with Crippen molar-refractivity contribution in [3.05, 3.63) is 18.7 Å². The molecule has 1 unspecified atom stereocenters. The van der Waals surface area contributed by atoms with Crippen molar-refractivity contribution >= 4 is 6.03 Å². The summed E-state index contributed by atoms with van der Waals surface area (Å²) in [4.78, 5) is 14.7. The van der Waals surface area contributed by atoms with Gasteiger partial charge in [0.1, 0.15) is 12.4 Å². The van der Waals surface area contributed by atoms with Crippen molar-refractivity contribution in [1.29, 1.82) is 0 Å². The summed E-state index contributed by atoms with van der Waals surface area (Å²) in [5.74, 6) is 0. The van der Waals surface area contributed by atoms with Crippen molar-refractivity contribution in [3.63, 3.8) is 0 Å². The van der Waals surface area contributed by atoms with Crippen LogP contribution in [0.3, 0.4) is 0 Å². The lowest BCUT2D eigenvalue weighted by Crippen LogP contribution is -2.37. The van der Waals surface area contributed by atoms with Crippen LogP contribution in [0.25, 0.3) is 0 Å². The maximum absolute atomic E-state index is 11.8. The van der Waals surface area contributed by atoms with Crippen molar-refractivity contribution in [2.24, 2.45) is 0 Å². The molecule has 0 bridgehead atoms. The van der Waals surface area contributed by atoms with Gasteiger partial charge in [0, 0.05) is 12.4 Å². The van der Waals surface area contributed by atoms with Crippen LogP contribution in [0.2, 0.25) is 0 Å². The Morgan fingerprint density at radius 1 is 1.64 bits per heavy atom. The first-order valence-corrected chi connectivity index (χ1v) is 3.83. The van der Waals surface area contributed by atoms with E-state index in [9.17, 15) is 13.6 Å². The first kappa shape index (κ1) is 10.6. The van der Waals surface area contributed by atoms with Gasteiger partial charge in [-0.25, -0.2) is 18.6 Å². The fourth-order valence-electron chi connectivity index (χ4n) is 0.752. The third kappa shape index (κ3) is 2.77. The summed E-state index contributed by atoms with van der Waals surface area (Å²) < 4.78 is 24.7. The zero-order valence-corrected chi connectivity index (χ0v) is 7.10. The average Bonchev–Trinajstić information content (AvgIpc) is 2.66. The van der Waals surface area contributed by atoms with Crippen LogP contribution in [-0.4, -0.2) is 39.8 Å². The van der Waals surface area contributed by atoms with E-state index in [-0.39, 0.29) is 0 Å². The largest absolute Gasteiger partial charge is 0.385 e. The minimum absolute atomic E-state index is 0.491. The molecule has 1 atom stereocenters. The first-order chi connectivity index (χ1) is 6.61. The number of hydrogen-bond acceptors (Lipinski definition) is 3. The Bertz CT molecular complexity index is 289. The monoisotopic (exact) mass is 205 g/mol. The molecule has 7 heteroatoms. The van der Waals surface area contributed by atoms with Gasteiger partial charge >= 0.3 is 6.03 Å². The third-order valence-electron chi connectivity index (χ3n) is 1.49. The molecule has 1 aromatic rings. The number of amides is 1. The maximum atomic E-state index is 11.8. The van der Waals surface area contributed by atoms with Crippen LogP contribution < -0.4 is 5.32 Å². The number of nitrogens with zero attached hydrogens (tertiary/aromatic N) is 2. The number of carbonyl (C=O) groups is 1. The molecule has 1 heterocycles. The molecule has 0 saturated carbocycles. The fraction of sp³-hybridized carbons (Fsp3) is 0.429. The van der Waals surface area contributed by atoms with E-state index in [4.69, 9.17) is 5.11 Å². The van der Waals surface area contributed by atoms with Gasteiger partial charge < -0.3 is 10.4 Å². The molecule has 0 aliphatic carbocycles. The van der Waals surface area contributed by atoms with Crippen LogP contribution in [-0.2, 0) is 0 Å². The number of imidazole rings is 1. The van der Waals surface area contributed by atoms with Crippen molar-refractivity contribution in [2.75, 3.05) is 6.54 Å². The molecule has 0 aliphatic heterocycles. The Morgan fingerprint density at radius 2 is 2.36 bits per heavy atom. The molecule has 0 radical (unpaired) electrons. The van der Waals surface area contributed by atoms with E-state index < -0.39 is 25.1 Å². The smallest absolute Gasteiger partial charge is 0.326 e. The molecule has 2 N–H and O–H groups in total. The highest BCUT2D eigenvalue weighted by molar-refractivity contribution is 5.76. The zero-order chi connectivity index (χ0) is 10.6. The molecule has 78 valence electrons.